The van der Waals surface area contributed by atoms with Crippen molar-refractivity contribution in [3.05, 3.63) is 71.1 Å². The molecule has 7 nitrogen and oxygen atoms in total. The summed E-state index contributed by atoms with van der Waals surface area (Å²) in [7, 11) is 0. The number of rotatable bonds is 8. The molecule has 3 saturated carbocycles. The van der Waals surface area contributed by atoms with E-state index in [0.717, 1.165) is 66.2 Å². The van der Waals surface area contributed by atoms with Gasteiger partial charge in [-0.05, 0) is 106 Å². The van der Waals surface area contributed by atoms with Crippen molar-refractivity contribution in [1.29, 1.82) is 0 Å². The van der Waals surface area contributed by atoms with Crippen LogP contribution >= 0.6 is 0 Å². The maximum absolute atomic E-state index is 13.5. The van der Waals surface area contributed by atoms with Crippen LogP contribution in [0.15, 0.2) is 53.1 Å². The first kappa shape index (κ1) is 30.1. The minimum Gasteiger partial charge on any atom is -0.490 e. The highest BCUT2D eigenvalue weighted by Crippen LogP contribution is 2.55. The van der Waals surface area contributed by atoms with Gasteiger partial charge in [0.1, 0.15) is 22.9 Å². The van der Waals surface area contributed by atoms with Crippen LogP contribution in [-0.2, 0) is 6.42 Å². The molecule has 2 saturated heterocycles. The molecule has 0 radical (unpaired) electrons. The molecule has 250 valence electrons. The summed E-state index contributed by atoms with van der Waals surface area (Å²) in [5, 5.41) is 5.48. The predicted molar refractivity (Wildman–Crippen MR) is 180 cm³/mol. The molecule has 5 aliphatic rings. The Kier molecular flexibility index (Phi) is 7.07. The van der Waals surface area contributed by atoms with Gasteiger partial charge < -0.3 is 19.1 Å². The van der Waals surface area contributed by atoms with Crippen molar-refractivity contribution < 1.29 is 22.8 Å². The van der Waals surface area contributed by atoms with Crippen LogP contribution in [0.4, 0.5) is 14.5 Å². The lowest BCUT2D eigenvalue weighted by Gasteiger charge is -2.53. The van der Waals surface area contributed by atoms with Crippen LogP contribution in [0.3, 0.4) is 0 Å². The van der Waals surface area contributed by atoms with E-state index in [2.05, 4.69) is 58.4 Å². The number of anilines is 1. The molecular formula is C39H42F2N4O3. The molecule has 4 heterocycles. The molecule has 0 bridgehead atoms. The maximum atomic E-state index is 13.5. The van der Waals surface area contributed by atoms with Crippen molar-refractivity contribution in [1.82, 2.24) is 15.0 Å². The van der Waals surface area contributed by atoms with Crippen molar-refractivity contribution in [2.24, 2.45) is 11.3 Å². The van der Waals surface area contributed by atoms with Gasteiger partial charge in [-0.2, -0.15) is 0 Å². The van der Waals surface area contributed by atoms with Crippen molar-refractivity contribution in [3.63, 3.8) is 0 Å². The zero-order valence-electron chi connectivity index (χ0n) is 27.5. The van der Waals surface area contributed by atoms with E-state index in [1.165, 1.54) is 55.2 Å². The van der Waals surface area contributed by atoms with E-state index < -0.39 is 24.9 Å². The molecule has 1 spiro atoms. The number of piperidine rings is 1. The predicted octanol–water partition coefficient (Wildman–Crippen LogP) is 8.34. The number of amides is 1. The third-order valence-electron chi connectivity index (χ3n) is 11.7. The van der Waals surface area contributed by atoms with E-state index in [1.807, 2.05) is 6.07 Å². The Balaban J connectivity index is 0.888. The van der Waals surface area contributed by atoms with Gasteiger partial charge >= 0.3 is 0 Å². The second-order valence-electron chi connectivity index (χ2n) is 15.3. The fourth-order valence-corrected chi connectivity index (χ4v) is 8.55. The van der Waals surface area contributed by atoms with Crippen molar-refractivity contribution in [2.75, 3.05) is 31.1 Å². The number of hydrogen-bond acceptors (Lipinski definition) is 6. The zero-order valence-corrected chi connectivity index (χ0v) is 27.5. The number of alkyl halides is 2. The first-order chi connectivity index (χ1) is 23.2. The van der Waals surface area contributed by atoms with E-state index in [4.69, 9.17) is 9.26 Å². The molecular weight excluding hydrogens is 610 g/mol. The van der Waals surface area contributed by atoms with E-state index in [1.54, 1.807) is 6.07 Å². The molecule has 3 aliphatic carbocycles. The van der Waals surface area contributed by atoms with E-state index >= 15 is 0 Å². The molecule has 5 fully saturated rings. The van der Waals surface area contributed by atoms with Gasteiger partial charge in [0.05, 0.1) is 24.7 Å². The van der Waals surface area contributed by atoms with Crippen LogP contribution in [0.2, 0.25) is 0 Å². The maximum Gasteiger partial charge on any atom is 0.282 e. The van der Waals surface area contributed by atoms with Crippen LogP contribution < -0.4 is 9.64 Å². The Bertz CT molecular complexity index is 1870. The summed E-state index contributed by atoms with van der Waals surface area (Å²) < 4.78 is 39.3. The fourth-order valence-electron chi connectivity index (χ4n) is 8.55. The van der Waals surface area contributed by atoms with Gasteiger partial charge in [-0.15, -0.1) is 0 Å². The molecule has 2 aliphatic heterocycles. The number of nitrogens with zero attached hydrogens (tertiary/aromatic N) is 4. The Morgan fingerprint density at radius 1 is 1.02 bits per heavy atom. The summed E-state index contributed by atoms with van der Waals surface area (Å²) in [6, 6.07) is 16.3. The third kappa shape index (κ3) is 5.43. The van der Waals surface area contributed by atoms with Crippen LogP contribution in [0.1, 0.15) is 91.1 Å². The number of halogens is 2. The van der Waals surface area contributed by atoms with Crippen molar-refractivity contribution in [3.8, 4) is 17.0 Å². The standard InChI is InChI=1S/C39H42F2N4O3/c1-24-5-2-3-8-29(24)35-31(36(48-43-35)26-9-10-26)17-25-20-38(21-25)13-15-44(16-14-38)27-11-12-32-30(18-27)34(47-28-6-4-7-28)19-33(42-32)37(46)45-22-39(40,41)23-45/h2-3,5,8,11-12,18-19,25-26,28H,4,6-7,9-10,13-17,20-23H2,1H3. The zero-order chi connectivity index (χ0) is 32.6. The second-order valence-corrected chi connectivity index (χ2v) is 15.3. The van der Waals surface area contributed by atoms with Gasteiger partial charge in [0, 0.05) is 47.3 Å². The summed E-state index contributed by atoms with van der Waals surface area (Å²) in [6.45, 7) is 3.04. The minimum atomic E-state index is -2.82. The molecule has 0 atom stereocenters. The number of fused-ring (bicyclic) bond motifs is 1. The Labute approximate surface area is 279 Å². The van der Waals surface area contributed by atoms with E-state index in [-0.39, 0.29) is 11.8 Å². The molecule has 4 aromatic rings. The molecule has 2 aromatic carbocycles. The number of likely N-dealkylation sites (tertiary alicyclic amines) is 1. The lowest BCUT2D eigenvalue weighted by Crippen LogP contribution is -2.58. The SMILES string of the molecule is Cc1ccccc1-c1noc(C2CC2)c1CC1CC2(CCN(c3ccc4nc(C(=O)N5CC(F)(F)C5)cc(OC5CCC5)c4c3)CC2)C1. The first-order valence-electron chi connectivity index (χ1n) is 17.8. The number of ether oxygens (including phenoxy) is 1. The molecule has 0 unspecified atom stereocenters. The molecule has 48 heavy (non-hydrogen) atoms. The highest BCUT2D eigenvalue weighted by molar-refractivity contribution is 5.98. The number of pyridine rings is 1. The highest BCUT2D eigenvalue weighted by atomic mass is 19.3. The minimum absolute atomic E-state index is 0.114. The Morgan fingerprint density at radius 2 is 1.79 bits per heavy atom. The van der Waals surface area contributed by atoms with Gasteiger partial charge in [-0.1, -0.05) is 29.4 Å². The molecule has 2 aromatic heterocycles. The number of hydrogen-bond donors (Lipinski definition) is 0. The summed E-state index contributed by atoms with van der Waals surface area (Å²) in [4.78, 5) is 21.2. The van der Waals surface area contributed by atoms with E-state index in [0.29, 0.717) is 28.5 Å². The highest BCUT2D eigenvalue weighted by Gasteiger charge is 2.48. The number of carbonyl (C=O) groups is 1. The Hall–Kier alpha value is -4.01. The lowest BCUT2D eigenvalue weighted by atomic mass is 9.56. The molecule has 9 rings (SSSR count). The monoisotopic (exact) mass is 652 g/mol. The second kappa shape index (κ2) is 11.3. The average molecular weight is 653 g/mol. The van der Waals surface area contributed by atoms with E-state index in [9.17, 15) is 13.6 Å². The molecule has 1 amide bonds. The number of carbonyl (C=O) groups excluding carboxylic acids is 1. The van der Waals surface area contributed by atoms with Crippen LogP contribution in [-0.4, -0.2) is 59.2 Å². The first-order valence-corrected chi connectivity index (χ1v) is 17.8. The van der Waals surface area contributed by atoms with Gasteiger partial charge in [0.25, 0.3) is 11.8 Å². The Morgan fingerprint density at radius 3 is 2.48 bits per heavy atom. The molecule has 0 N–H and O–H groups in total. The van der Waals surface area contributed by atoms with Crippen LogP contribution in [0.25, 0.3) is 22.2 Å². The average Bonchev–Trinajstić information content (AvgIpc) is 3.80. The van der Waals surface area contributed by atoms with Crippen molar-refractivity contribution >= 4 is 22.5 Å². The smallest absolute Gasteiger partial charge is 0.282 e. The molecule has 9 heteroatoms. The lowest BCUT2D eigenvalue weighted by molar-refractivity contribution is -0.113. The summed E-state index contributed by atoms with van der Waals surface area (Å²) in [5.74, 6) is -0.323. The van der Waals surface area contributed by atoms with Gasteiger partial charge in [-0.25, -0.2) is 13.8 Å². The van der Waals surface area contributed by atoms with Crippen LogP contribution in [0.5, 0.6) is 5.75 Å². The van der Waals surface area contributed by atoms with Crippen molar-refractivity contribution in [2.45, 2.75) is 89.1 Å². The summed E-state index contributed by atoms with van der Waals surface area (Å²) >= 11 is 0. The van der Waals surface area contributed by atoms with Gasteiger partial charge in [0.15, 0.2) is 0 Å². The van der Waals surface area contributed by atoms with Crippen LogP contribution in [0, 0.1) is 18.3 Å². The topological polar surface area (TPSA) is 71.7 Å². The quantitative estimate of drug-likeness (QED) is 0.191. The van der Waals surface area contributed by atoms with Gasteiger partial charge in [0.2, 0.25) is 0 Å². The van der Waals surface area contributed by atoms with Gasteiger partial charge in [-0.3, -0.25) is 4.79 Å². The number of benzene rings is 2. The normalized spacial score (nSPS) is 22.0. The third-order valence-corrected chi connectivity index (χ3v) is 11.7. The number of aromatic nitrogens is 2. The number of aryl methyl sites for hydroxylation is 1. The summed E-state index contributed by atoms with van der Waals surface area (Å²) in [6.07, 6.45) is 11.5. The largest absolute Gasteiger partial charge is 0.490 e. The fraction of sp³-hybridized carbons (Fsp3) is 0.513. The summed E-state index contributed by atoms with van der Waals surface area (Å²) in [5.41, 5.74) is 7.20.